The maximum Gasteiger partial charge on any atom is 0.278 e. The van der Waals surface area contributed by atoms with Crippen LogP contribution >= 0.6 is 34.2 Å². The number of anilines is 1. The number of benzodiazepines with no additional fused rings is 1. The van der Waals surface area contributed by atoms with Crippen LogP contribution in [-0.2, 0) is 4.79 Å². The first-order valence-corrected chi connectivity index (χ1v) is 9.33. The van der Waals surface area contributed by atoms with Crippen molar-refractivity contribution in [2.45, 2.75) is 6.92 Å². The molecule has 0 radical (unpaired) electrons. The maximum atomic E-state index is 12.8. The van der Waals surface area contributed by atoms with Gasteiger partial charge in [-0.25, -0.2) is 4.99 Å². The largest absolute Gasteiger partial charge is 0.389 e. The van der Waals surface area contributed by atoms with E-state index in [1.54, 1.807) is 18.1 Å². The molecule has 0 spiro atoms. The van der Waals surface area contributed by atoms with Crippen LogP contribution in [0.1, 0.15) is 18.1 Å². The molecule has 0 aliphatic carbocycles. The van der Waals surface area contributed by atoms with E-state index in [2.05, 4.69) is 27.9 Å². The Bertz CT molecular complexity index is 892. The molecule has 128 valence electrons. The fourth-order valence-electron chi connectivity index (χ4n) is 2.65. The molecule has 2 aromatic rings. The Labute approximate surface area is 165 Å². The average Bonchev–Trinajstić information content (AvgIpc) is 2.70. The topological polar surface area (TPSA) is 44.7 Å². The third kappa shape index (κ3) is 3.57. The summed E-state index contributed by atoms with van der Waals surface area (Å²) in [5.74, 6) is -0.162. The Morgan fingerprint density at radius 2 is 2.00 bits per heavy atom. The second-order valence-electron chi connectivity index (χ2n) is 5.55. The van der Waals surface area contributed by atoms with E-state index in [9.17, 15) is 4.79 Å². The quantitative estimate of drug-likeness (QED) is 0.545. The van der Waals surface area contributed by atoms with Crippen LogP contribution in [0, 0.1) is 3.57 Å². The molecule has 0 fully saturated rings. The normalized spacial score (nSPS) is 15.7. The molecule has 0 saturated heterocycles. The third-order valence-electron chi connectivity index (χ3n) is 3.90. The summed E-state index contributed by atoms with van der Waals surface area (Å²) in [6, 6.07) is 13.5. The summed E-state index contributed by atoms with van der Waals surface area (Å²) in [5.41, 5.74) is 3.55. The Morgan fingerprint density at radius 3 is 2.72 bits per heavy atom. The number of amides is 1. The lowest BCUT2D eigenvalue weighted by Gasteiger charge is -2.18. The van der Waals surface area contributed by atoms with Crippen molar-refractivity contribution in [1.82, 2.24) is 5.32 Å². The van der Waals surface area contributed by atoms with E-state index in [1.165, 1.54) is 0 Å². The smallest absolute Gasteiger partial charge is 0.278 e. The van der Waals surface area contributed by atoms with E-state index >= 15 is 0 Å². The lowest BCUT2D eigenvalue weighted by molar-refractivity contribution is -0.114. The van der Waals surface area contributed by atoms with Crippen LogP contribution < -0.4 is 10.2 Å². The van der Waals surface area contributed by atoms with Crippen molar-refractivity contribution in [3.63, 3.8) is 0 Å². The van der Waals surface area contributed by atoms with Gasteiger partial charge in [0.1, 0.15) is 5.70 Å². The highest BCUT2D eigenvalue weighted by atomic mass is 127. The Balaban J connectivity index is 2.30. The van der Waals surface area contributed by atoms with Gasteiger partial charge in [0, 0.05) is 39.5 Å². The van der Waals surface area contributed by atoms with Gasteiger partial charge in [-0.05, 0) is 53.8 Å². The average molecular weight is 466 g/mol. The molecule has 2 aromatic carbocycles. The minimum atomic E-state index is -0.162. The highest BCUT2D eigenvalue weighted by molar-refractivity contribution is 14.1. The Kier molecular flexibility index (Phi) is 5.44. The van der Waals surface area contributed by atoms with E-state index < -0.39 is 0 Å². The van der Waals surface area contributed by atoms with E-state index in [1.807, 2.05) is 49.4 Å². The maximum absolute atomic E-state index is 12.8. The van der Waals surface area contributed by atoms with Crippen LogP contribution in [0.25, 0.3) is 0 Å². The summed E-state index contributed by atoms with van der Waals surface area (Å²) < 4.78 is 1.07. The molecule has 1 N–H and O–H groups in total. The second kappa shape index (κ2) is 7.58. The number of nitrogens with one attached hydrogen (secondary N) is 1. The molecule has 0 unspecified atom stereocenters. The number of carbonyl (C=O) groups is 1. The summed E-state index contributed by atoms with van der Waals surface area (Å²) in [5, 5.41) is 3.67. The zero-order valence-corrected chi connectivity index (χ0v) is 16.8. The summed E-state index contributed by atoms with van der Waals surface area (Å²) in [6.45, 7) is 2.68. The minimum Gasteiger partial charge on any atom is -0.389 e. The summed E-state index contributed by atoms with van der Waals surface area (Å²) in [7, 11) is 1.76. The van der Waals surface area contributed by atoms with E-state index in [0.717, 1.165) is 20.4 Å². The molecule has 3 rings (SSSR count). The number of aliphatic imine (C=N–C) groups is 1. The number of hydrogen-bond acceptors (Lipinski definition) is 3. The molecule has 6 heteroatoms. The molecular weight excluding hydrogens is 449 g/mol. The van der Waals surface area contributed by atoms with Crippen LogP contribution in [0.4, 0.5) is 5.69 Å². The lowest BCUT2D eigenvalue weighted by atomic mass is 10.0. The van der Waals surface area contributed by atoms with Crippen LogP contribution in [0.15, 0.2) is 59.4 Å². The van der Waals surface area contributed by atoms with Gasteiger partial charge in [-0.2, -0.15) is 0 Å². The minimum absolute atomic E-state index is 0.162. The number of likely N-dealkylation sites (N-methyl/N-ethyl adjacent to an activating group) is 1. The molecule has 1 heterocycles. The third-order valence-corrected chi connectivity index (χ3v) is 4.90. The lowest BCUT2D eigenvalue weighted by Crippen LogP contribution is -2.27. The van der Waals surface area contributed by atoms with Crippen molar-refractivity contribution in [2.75, 3.05) is 18.5 Å². The Hall–Kier alpha value is -1.86. The fraction of sp³-hybridized carbons (Fsp3) is 0.158. The van der Waals surface area contributed by atoms with Crippen molar-refractivity contribution >= 4 is 51.5 Å². The molecule has 1 aliphatic rings. The van der Waals surface area contributed by atoms with Crippen molar-refractivity contribution in [3.8, 4) is 0 Å². The molecule has 0 saturated carbocycles. The van der Waals surface area contributed by atoms with Gasteiger partial charge in [-0.1, -0.05) is 29.8 Å². The number of fused-ring (bicyclic) bond motifs is 1. The number of carbonyl (C=O) groups excluding carboxylic acids is 1. The van der Waals surface area contributed by atoms with Crippen LogP contribution in [-0.4, -0.2) is 25.2 Å². The number of nitrogens with zero attached hydrogens (tertiary/aromatic N) is 2. The summed E-state index contributed by atoms with van der Waals surface area (Å²) in [4.78, 5) is 19.2. The number of rotatable bonds is 3. The van der Waals surface area contributed by atoms with Gasteiger partial charge in [0.25, 0.3) is 5.91 Å². The van der Waals surface area contributed by atoms with Gasteiger partial charge >= 0.3 is 0 Å². The number of hydrogen-bond donors (Lipinski definition) is 1. The van der Waals surface area contributed by atoms with Gasteiger partial charge in [0.15, 0.2) is 0 Å². The highest BCUT2D eigenvalue weighted by Crippen LogP contribution is 2.31. The first-order valence-electron chi connectivity index (χ1n) is 7.88. The SMILES string of the molecule is CCNC=C1N=C(c2ccccc2Cl)c2cc(I)ccc2N(C)C1=O. The van der Waals surface area contributed by atoms with E-state index in [-0.39, 0.29) is 5.91 Å². The van der Waals surface area contributed by atoms with Gasteiger partial charge in [-0.15, -0.1) is 0 Å². The van der Waals surface area contributed by atoms with Gasteiger partial charge in [0.05, 0.1) is 11.4 Å². The summed E-state index contributed by atoms with van der Waals surface area (Å²) in [6.07, 6.45) is 1.66. The zero-order chi connectivity index (χ0) is 18.0. The van der Waals surface area contributed by atoms with Crippen LogP contribution in [0.2, 0.25) is 5.02 Å². The monoisotopic (exact) mass is 465 g/mol. The predicted molar refractivity (Wildman–Crippen MR) is 111 cm³/mol. The molecule has 1 amide bonds. The van der Waals surface area contributed by atoms with Crippen molar-refractivity contribution in [3.05, 3.63) is 74.1 Å². The van der Waals surface area contributed by atoms with Crippen molar-refractivity contribution in [1.29, 1.82) is 0 Å². The van der Waals surface area contributed by atoms with Gasteiger partial charge in [-0.3, -0.25) is 4.79 Å². The summed E-state index contributed by atoms with van der Waals surface area (Å²) >= 11 is 8.68. The van der Waals surface area contributed by atoms with Crippen LogP contribution in [0.3, 0.4) is 0 Å². The first-order chi connectivity index (χ1) is 12.0. The van der Waals surface area contributed by atoms with Gasteiger partial charge < -0.3 is 10.2 Å². The molecule has 0 bridgehead atoms. The molecule has 0 atom stereocenters. The zero-order valence-electron chi connectivity index (χ0n) is 13.9. The molecule has 4 nitrogen and oxygen atoms in total. The molecule has 25 heavy (non-hydrogen) atoms. The Morgan fingerprint density at radius 1 is 1.24 bits per heavy atom. The standard InChI is InChI=1S/C19H17ClIN3O/c1-3-22-11-16-19(25)24(2)17-9-8-12(21)10-14(17)18(23-16)13-6-4-5-7-15(13)20/h4-11,22H,3H2,1-2H3. The van der Waals surface area contributed by atoms with E-state index in [4.69, 9.17) is 16.6 Å². The van der Waals surface area contributed by atoms with Gasteiger partial charge in [0.2, 0.25) is 0 Å². The number of halogens is 2. The van der Waals surface area contributed by atoms with Crippen LogP contribution in [0.5, 0.6) is 0 Å². The second-order valence-corrected chi connectivity index (χ2v) is 7.21. The first kappa shape index (κ1) is 17.9. The highest BCUT2D eigenvalue weighted by Gasteiger charge is 2.27. The van der Waals surface area contributed by atoms with E-state index in [0.29, 0.717) is 23.0 Å². The predicted octanol–water partition coefficient (Wildman–Crippen LogP) is 4.21. The molecule has 0 aromatic heterocycles. The fourth-order valence-corrected chi connectivity index (χ4v) is 3.37. The number of benzene rings is 2. The van der Waals surface area contributed by atoms with Crippen molar-refractivity contribution in [2.24, 2.45) is 4.99 Å². The molecule has 1 aliphatic heterocycles. The van der Waals surface area contributed by atoms with Crippen molar-refractivity contribution < 1.29 is 4.79 Å². The molecular formula is C19H17ClIN3O.